The molecule has 3 rings (SSSR count). The molecule has 4 nitrogen and oxygen atoms in total. The molecule has 0 spiro atoms. The first kappa shape index (κ1) is 13.6. The molecule has 21 heavy (non-hydrogen) atoms. The molecule has 0 aliphatic carbocycles. The number of benzene rings is 1. The van der Waals surface area contributed by atoms with E-state index in [4.69, 9.17) is 4.74 Å². The Labute approximate surface area is 127 Å². The average Bonchev–Trinajstić information content (AvgIpc) is 2.95. The van der Waals surface area contributed by atoms with Crippen LogP contribution in [0.3, 0.4) is 0 Å². The van der Waals surface area contributed by atoms with E-state index in [1.54, 1.807) is 30.8 Å². The van der Waals surface area contributed by atoms with Crippen LogP contribution in [0.25, 0.3) is 0 Å². The summed E-state index contributed by atoms with van der Waals surface area (Å²) in [5, 5.41) is 6.20. The molecule has 5 heteroatoms. The molecule has 2 aromatic heterocycles. The number of ether oxygens (including phenoxy) is 1. The van der Waals surface area contributed by atoms with Crippen molar-refractivity contribution in [2.24, 2.45) is 0 Å². The van der Waals surface area contributed by atoms with Gasteiger partial charge in [0.2, 0.25) is 0 Å². The van der Waals surface area contributed by atoms with E-state index < -0.39 is 0 Å². The highest BCUT2D eigenvalue weighted by atomic mass is 32.1. The number of pyridine rings is 1. The number of nitrogens with one attached hydrogen (secondary N) is 1. The van der Waals surface area contributed by atoms with Crippen LogP contribution < -0.4 is 10.1 Å². The van der Waals surface area contributed by atoms with E-state index in [-0.39, 0.29) is 0 Å². The predicted octanol–water partition coefficient (Wildman–Crippen LogP) is 3.88. The van der Waals surface area contributed by atoms with E-state index >= 15 is 0 Å². The minimum absolute atomic E-state index is 0.794. The van der Waals surface area contributed by atoms with Gasteiger partial charge in [0, 0.05) is 18.0 Å². The van der Waals surface area contributed by atoms with Crippen molar-refractivity contribution in [2.75, 3.05) is 12.4 Å². The van der Waals surface area contributed by atoms with E-state index in [9.17, 15) is 0 Å². The fraction of sp³-hybridized carbons (Fsp3) is 0.125. The molecule has 1 aromatic carbocycles. The zero-order valence-electron chi connectivity index (χ0n) is 11.6. The number of hydrogen-bond donors (Lipinski definition) is 1. The van der Waals surface area contributed by atoms with Crippen molar-refractivity contribution in [1.82, 2.24) is 9.97 Å². The molecule has 0 radical (unpaired) electrons. The summed E-state index contributed by atoms with van der Waals surface area (Å²) in [6, 6.07) is 11.9. The minimum atomic E-state index is 0.794. The maximum absolute atomic E-state index is 5.24. The first-order valence-electron chi connectivity index (χ1n) is 6.58. The highest BCUT2D eigenvalue weighted by molar-refractivity contribution is 7.13. The largest absolute Gasteiger partial charge is 0.497 e. The van der Waals surface area contributed by atoms with E-state index in [1.807, 2.05) is 30.3 Å². The third-order valence-corrected chi connectivity index (χ3v) is 3.79. The lowest BCUT2D eigenvalue weighted by molar-refractivity contribution is 0.414. The van der Waals surface area contributed by atoms with E-state index in [0.717, 1.165) is 28.7 Å². The van der Waals surface area contributed by atoms with Gasteiger partial charge in [0.15, 0.2) is 5.13 Å². The van der Waals surface area contributed by atoms with Crippen LogP contribution in [0.15, 0.2) is 54.2 Å². The van der Waals surface area contributed by atoms with Crippen molar-refractivity contribution in [3.63, 3.8) is 0 Å². The standard InChI is InChI=1S/C16H15N3OS/c1-20-15-6-2-4-12(9-15)8-14-11-21-16(19-14)18-13-5-3-7-17-10-13/h2-7,9-11H,8H2,1H3,(H,18,19). The van der Waals surface area contributed by atoms with Crippen molar-refractivity contribution in [3.8, 4) is 5.75 Å². The van der Waals surface area contributed by atoms with Crippen molar-refractivity contribution < 1.29 is 4.74 Å². The normalized spacial score (nSPS) is 10.3. The van der Waals surface area contributed by atoms with Crippen LogP contribution in [0.4, 0.5) is 10.8 Å². The Morgan fingerprint density at radius 2 is 2.19 bits per heavy atom. The van der Waals surface area contributed by atoms with Crippen molar-refractivity contribution in [3.05, 3.63) is 65.4 Å². The summed E-state index contributed by atoms with van der Waals surface area (Å²) in [6.07, 6.45) is 4.33. The number of rotatable bonds is 5. The van der Waals surface area contributed by atoms with Crippen molar-refractivity contribution >= 4 is 22.2 Å². The quantitative estimate of drug-likeness (QED) is 0.776. The summed E-state index contributed by atoms with van der Waals surface area (Å²) in [5.41, 5.74) is 3.17. The number of hydrogen-bond acceptors (Lipinski definition) is 5. The monoisotopic (exact) mass is 297 g/mol. The maximum atomic E-state index is 5.24. The Hall–Kier alpha value is -2.40. The van der Waals surface area contributed by atoms with Gasteiger partial charge in [-0.15, -0.1) is 11.3 Å². The second-order valence-electron chi connectivity index (χ2n) is 4.54. The third-order valence-electron chi connectivity index (χ3n) is 2.98. The Morgan fingerprint density at radius 3 is 3.00 bits per heavy atom. The molecular weight excluding hydrogens is 282 g/mol. The summed E-state index contributed by atoms with van der Waals surface area (Å²) >= 11 is 1.59. The first-order valence-corrected chi connectivity index (χ1v) is 7.46. The summed E-state index contributed by atoms with van der Waals surface area (Å²) in [6.45, 7) is 0. The lowest BCUT2D eigenvalue weighted by atomic mass is 10.1. The van der Waals surface area contributed by atoms with Gasteiger partial charge in [-0.25, -0.2) is 4.98 Å². The van der Waals surface area contributed by atoms with Gasteiger partial charge in [-0.3, -0.25) is 4.98 Å². The summed E-state index contributed by atoms with van der Waals surface area (Å²) in [7, 11) is 1.68. The SMILES string of the molecule is COc1cccc(Cc2csc(Nc3cccnc3)n2)c1. The lowest BCUT2D eigenvalue weighted by Gasteiger charge is -2.03. The maximum Gasteiger partial charge on any atom is 0.187 e. The van der Waals surface area contributed by atoms with E-state index in [2.05, 4.69) is 26.7 Å². The molecule has 0 saturated carbocycles. The summed E-state index contributed by atoms with van der Waals surface area (Å²) in [4.78, 5) is 8.67. The zero-order valence-corrected chi connectivity index (χ0v) is 12.4. The van der Waals surface area contributed by atoms with Gasteiger partial charge in [0.1, 0.15) is 5.75 Å². The Morgan fingerprint density at radius 1 is 1.24 bits per heavy atom. The fourth-order valence-electron chi connectivity index (χ4n) is 2.00. The number of aromatic nitrogens is 2. The number of methoxy groups -OCH3 is 1. The van der Waals surface area contributed by atoms with Crippen LogP contribution in [0.2, 0.25) is 0 Å². The Bertz CT molecular complexity index is 712. The second-order valence-corrected chi connectivity index (χ2v) is 5.40. The zero-order chi connectivity index (χ0) is 14.5. The molecule has 0 saturated heterocycles. The lowest BCUT2D eigenvalue weighted by Crippen LogP contribution is -1.93. The van der Waals surface area contributed by atoms with Gasteiger partial charge in [-0.05, 0) is 29.8 Å². The molecule has 106 valence electrons. The predicted molar refractivity (Wildman–Crippen MR) is 85.4 cm³/mol. The minimum Gasteiger partial charge on any atom is -0.497 e. The second kappa shape index (κ2) is 6.37. The molecule has 0 aliphatic rings. The molecule has 1 N–H and O–H groups in total. The van der Waals surface area contributed by atoms with Crippen LogP contribution >= 0.6 is 11.3 Å². The van der Waals surface area contributed by atoms with Crippen LogP contribution in [-0.4, -0.2) is 17.1 Å². The Balaban J connectivity index is 1.70. The number of nitrogens with zero attached hydrogens (tertiary/aromatic N) is 2. The molecule has 0 amide bonds. The number of anilines is 2. The van der Waals surface area contributed by atoms with E-state index in [0.29, 0.717) is 0 Å². The van der Waals surface area contributed by atoms with Crippen molar-refractivity contribution in [2.45, 2.75) is 6.42 Å². The van der Waals surface area contributed by atoms with Crippen LogP contribution in [0.5, 0.6) is 5.75 Å². The molecule has 0 atom stereocenters. The molecule has 3 aromatic rings. The van der Waals surface area contributed by atoms with Crippen molar-refractivity contribution in [1.29, 1.82) is 0 Å². The molecular formula is C16H15N3OS. The molecule has 0 bridgehead atoms. The van der Waals surface area contributed by atoms with Gasteiger partial charge in [-0.1, -0.05) is 12.1 Å². The fourth-order valence-corrected chi connectivity index (χ4v) is 2.73. The molecule has 0 aliphatic heterocycles. The highest BCUT2D eigenvalue weighted by Gasteiger charge is 2.04. The molecule has 0 unspecified atom stereocenters. The summed E-state index contributed by atoms with van der Waals surface area (Å²) in [5.74, 6) is 0.872. The van der Waals surface area contributed by atoms with Crippen LogP contribution in [-0.2, 0) is 6.42 Å². The van der Waals surface area contributed by atoms with E-state index in [1.165, 1.54) is 5.56 Å². The van der Waals surface area contributed by atoms with Gasteiger partial charge < -0.3 is 10.1 Å². The molecule has 0 fully saturated rings. The van der Waals surface area contributed by atoms with Gasteiger partial charge in [0.05, 0.1) is 24.7 Å². The van der Waals surface area contributed by atoms with Gasteiger partial charge >= 0.3 is 0 Å². The van der Waals surface area contributed by atoms with Gasteiger partial charge in [-0.2, -0.15) is 0 Å². The Kier molecular flexibility index (Phi) is 4.12. The van der Waals surface area contributed by atoms with Gasteiger partial charge in [0.25, 0.3) is 0 Å². The average molecular weight is 297 g/mol. The topological polar surface area (TPSA) is 47.0 Å². The summed E-state index contributed by atoms with van der Waals surface area (Å²) < 4.78 is 5.24. The first-order chi connectivity index (χ1) is 10.3. The number of thiazole rings is 1. The smallest absolute Gasteiger partial charge is 0.187 e. The molecule has 2 heterocycles. The van der Waals surface area contributed by atoms with Crippen LogP contribution in [0, 0.1) is 0 Å². The highest BCUT2D eigenvalue weighted by Crippen LogP contribution is 2.22. The third kappa shape index (κ3) is 3.58. The van der Waals surface area contributed by atoms with Crippen LogP contribution in [0.1, 0.15) is 11.3 Å².